The number of sulfonamides is 1. The average molecular weight is 407 g/mol. The van der Waals surface area contributed by atoms with E-state index < -0.39 is 10.0 Å². The van der Waals surface area contributed by atoms with Crippen LogP contribution >= 0.6 is 11.6 Å². The van der Waals surface area contributed by atoms with Gasteiger partial charge in [-0.25, -0.2) is 13.1 Å². The van der Waals surface area contributed by atoms with Crippen molar-refractivity contribution in [3.05, 3.63) is 64.7 Å². The Morgan fingerprint density at radius 1 is 0.963 bits per heavy atom. The first kappa shape index (κ1) is 20.2. The van der Waals surface area contributed by atoms with E-state index in [0.29, 0.717) is 17.1 Å². The third kappa shape index (κ3) is 6.52. The van der Waals surface area contributed by atoms with Crippen molar-refractivity contribution < 1.29 is 8.42 Å². The summed E-state index contributed by atoms with van der Waals surface area (Å²) in [6, 6.07) is 15.6. The van der Waals surface area contributed by atoms with E-state index in [4.69, 9.17) is 11.6 Å². The molecule has 0 amide bonds. The van der Waals surface area contributed by atoms with E-state index in [0.717, 1.165) is 25.9 Å². The minimum atomic E-state index is -3.34. The summed E-state index contributed by atoms with van der Waals surface area (Å²) in [5, 5.41) is 0.552. The smallest absolute Gasteiger partial charge is 0.215 e. The van der Waals surface area contributed by atoms with Crippen molar-refractivity contribution in [1.82, 2.24) is 4.72 Å². The third-order valence-electron chi connectivity index (χ3n) is 4.87. The highest BCUT2D eigenvalue weighted by Crippen LogP contribution is 2.20. The SMILES string of the molecule is O=S(=O)(Cc1cccc(Cl)c1)NCCCc1ccc(N2CCCCC2)cc1. The summed E-state index contributed by atoms with van der Waals surface area (Å²) in [4.78, 5) is 2.44. The lowest BCUT2D eigenvalue weighted by Gasteiger charge is -2.28. The van der Waals surface area contributed by atoms with Gasteiger partial charge >= 0.3 is 0 Å². The molecule has 27 heavy (non-hydrogen) atoms. The van der Waals surface area contributed by atoms with Crippen LogP contribution < -0.4 is 9.62 Å². The highest BCUT2D eigenvalue weighted by Gasteiger charge is 2.12. The van der Waals surface area contributed by atoms with Gasteiger partial charge in [0.2, 0.25) is 10.0 Å². The summed E-state index contributed by atoms with van der Waals surface area (Å²) in [5.74, 6) is -0.0436. The van der Waals surface area contributed by atoms with E-state index in [1.807, 2.05) is 0 Å². The zero-order valence-electron chi connectivity index (χ0n) is 15.5. The van der Waals surface area contributed by atoms with Gasteiger partial charge in [0.05, 0.1) is 5.75 Å². The molecule has 1 saturated heterocycles. The number of rotatable bonds is 8. The Morgan fingerprint density at radius 3 is 2.41 bits per heavy atom. The first-order valence-electron chi connectivity index (χ1n) is 9.57. The minimum Gasteiger partial charge on any atom is -0.372 e. The molecule has 3 rings (SSSR count). The Morgan fingerprint density at radius 2 is 1.70 bits per heavy atom. The summed E-state index contributed by atoms with van der Waals surface area (Å²) in [6.07, 6.45) is 5.52. The molecule has 1 N–H and O–H groups in total. The van der Waals surface area contributed by atoms with Crippen LogP contribution in [0, 0.1) is 0 Å². The van der Waals surface area contributed by atoms with E-state index >= 15 is 0 Å². The minimum absolute atomic E-state index is 0.0436. The molecular weight excluding hydrogens is 380 g/mol. The maximum absolute atomic E-state index is 12.2. The fourth-order valence-electron chi connectivity index (χ4n) is 3.44. The predicted molar refractivity (Wildman–Crippen MR) is 113 cm³/mol. The van der Waals surface area contributed by atoms with Gasteiger partial charge in [0, 0.05) is 30.3 Å². The second-order valence-electron chi connectivity index (χ2n) is 7.10. The molecule has 0 aromatic heterocycles. The van der Waals surface area contributed by atoms with Crippen molar-refractivity contribution in [3.63, 3.8) is 0 Å². The van der Waals surface area contributed by atoms with Crippen LogP contribution in [0.5, 0.6) is 0 Å². The van der Waals surface area contributed by atoms with Gasteiger partial charge in [-0.05, 0) is 67.5 Å². The summed E-state index contributed by atoms with van der Waals surface area (Å²) in [5.41, 5.74) is 3.23. The Kier molecular flexibility index (Phi) is 7.16. The van der Waals surface area contributed by atoms with E-state index in [2.05, 4.69) is 33.9 Å². The van der Waals surface area contributed by atoms with Crippen molar-refractivity contribution in [3.8, 4) is 0 Å². The van der Waals surface area contributed by atoms with Crippen LogP contribution in [0.15, 0.2) is 48.5 Å². The van der Waals surface area contributed by atoms with Crippen LogP contribution in [-0.2, 0) is 22.2 Å². The molecular formula is C21H27ClN2O2S. The van der Waals surface area contributed by atoms with E-state index in [1.165, 1.54) is 30.5 Å². The maximum atomic E-state index is 12.2. The molecule has 0 radical (unpaired) electrons. The number of nitrogens with zero attached hydrogens (tertiary/aromatic N) is 1. The monoisotopic (exact) mass is 406 g/mol. The number of aryl methyl sites for hydroxylation is 1. The van der Waals surface area contributed by atoms with Gasteiger partial charge in [-0.3, -0.25) is 0 Å². The normalized spacial score (nSPS) is 15.1. The van der Waals surface area contributed by atoms with Gasteiger partial charge in [0.1, 0.15) is 0 Å². The Labute approximate surface area is 167 Å². The van der Waals surface area contributed by atoms with Crippen molar-refractivity contribution in [1.29, 1.82) is 0 Å². The largest absolute Gasteiger partial charge is 0.372 e. The zero-order chi connectivity index (χ0) is 19.1. The van der Waals surface area contributed by atoms with E-state index in [1.54, 1.807) is 24.3 Å². The summed E-state index contributed by atoms with van der Waals surface area (Å²) >= 11 is 5.91. The molecule has 2 aromatic rings. The molecule has 6 heteroatoms. The quantitative estimate of drug-likeness (QED) is 0.661. The number of halogens is 1. The Hall–Kier alpha value is -1.56. The molecule has 1 fully saturated rings. The molecule has 0 spiro atoms. The van der Waals surface area contributed by atoms with Gasteiger partial charge in [-0.1, -0.05) is 35.9 Å². The molecule has 1 aliphatic heterocycles. The molecule has 0 saturated carbocycles. The van der Waals surface area contributed by atoms with Crippen LogP contribution in [0.3, 0.4) is 0 Å². The molecule has 1 heterocycles. The predicted octanol–water partition coefficient (Wildman–Crippen LogP) is 4.38. The lowest BCUT2D eigenvalue weighted by molar-refractivity contribution is 0.577. The zero-order valence-corrected chi connectivity index (χ0v) is 17.1. The highest BCUT2D eigenvalue weighted by atomic mass is 35.5. The van der Waals surface area contributed by atoms with Crippen LogP contribution in [0.25, 0.3) is 0 Å². The van der Waals surface area contributed by atoms with Crippen molar-refractivity contribution in [2.75, 3.05) is 24.5 Å². The van der Waals surface area contributed by atoms with Crippen LogP contribution in [-0.4, -0.2) is 28.1 Å². The Bertz CT molecular complexity index is 832. The maximum Gasteiger partial charge on any atom is 0.215 e. The molecule has 0 bridgehead atoms. The van der Waals surface area contributed by atoms with Crippen molar-refractivity contribution >= 4 is 27.3 Å². The number of anilines is 1. The highest BCUT2D eigenvalue weighted by molar-refractivity contribution is 7.88. The third-order valence-corrected chi connectivity index (χ3v) is 6.46. The molecule has 2 aromatic carbocycles. The van der Waals surface area contributed by atoms with Crippen LogP contribution in [0.1, 0.15) is 36.8 Å². The first-order valence-corrected chi connectivity index (χ1v) is 11.6. The molecule has 4 nitrogen and oxygen atoms in total. The molecule has 0 atom stereocenters. The fourth-order valence-corrected chi connectivity index (χ4v) is 4.83. The fraction of sp³-hybridized carbons (Fsp3) is 0.429. The van der Waals surface area contributed by atoms with Gasteiger partial charge in [0.25, 0.3) is 0 Å². The molecule has 0 unspecified atom stereocenters. The molecule has 146 valence electrons. The number of hydrogen-bond acceptors (Lipinski definition) is 3. The van der Waals surface area contributed by atoms with Crippen LogP contribution in [0.4, 0.5) is 5.69 Å². The molecule has 0 aliphatic carbocycles. The summed E-state index contributed by atoms with van der Waals surface area (Å²) in [7, 11) is -3.34. The number of nitrogens with one attached hydrogen (secondary N) is 1. The topological polar surface area (TPSA) is 49.4 Å². The molecule has 1 aliphatic rings. The number of hydrogen-bond donors (Lipinski definition) is 1. The lowest BCUT2D eigenvalue weighted by atomic mass is 10.1. The van der Waals surface area contributed by atoms with Crippen molar-refractivity contribution in [2.24, 2.45) is 0 Å². The van der Waals surface area contributed by atoms with Gasteiger partial charge in [-0.2, -0.15) is 0 Å². The van der Waals surface area contributed by atoms with Crippen LogP contribution in [0.2, 0.25) is 5.02 Å². The summed E-state index contributed by atoms with van der Waals surface area (Å²) in [6.45, 7) is 2.73. The Balaban J connectivity index is 1.42. The van der Waals surface area contributed by atoms with E-state index in [9.17, 15) is 8.42 Å². The first-order chi connectivity index (χ1) is 13.0. The van der Waals surface area contributed by atoms with E-state index in [-0.39, 0.29) is 5.75 Å². The lowest BCUT2D eigenvalue weighted by Crippen LogP contribution is -2.29. The van der Waals surface area contributed by atoms with Gasteiger partial charge in [-0.15, -0.1) is 0 Å². The van der Waals surface area contributed by atoms with Gasteiger partial charge < -0.3 is 4.90 Å². The average Bonchev–Trinajstić information content (AvgIpc) is 2.66. The second kappa shape index (κ2) is 9.58. The second-order valence-corrected chi connectivity index (χ2v) is 9.34. The summed E-state index contributed by atoms with van der Waals surface area (Å²) < 4.78 is 27.0. The van der Waals surface area contributed by atoms with Crippen molar-refractivity contribution in [2.45, 2.75) is 37.9 Å². The number of piperidine rings is 1. The van der Waals surface area contributed by atoms with Gasteiger partial charge in [0.15, 0.2) is 0 Å². The standard InChI is InChI=1S/C21H27ClN2O2S/c22-20-8-4-6-19(16-20)17-27(25,26)23-13-5-7-18-9-11-21(12-10-18)24-14-2-1-3-15-24/h4,6,8-12,16,23H,1-3,5,7,13-15,17H2. The number of benzene rings is 2.